The van der Waals surface area contributed by atoms with Gasteiger partial charge >= 0.3 is 0 Å². The zero-order valence-corrected chi connectivity index (χ0v) is 13.8. The van der Waals surface area contributed by atoms with Crippen LogP contribution in [-0.4, -0.2) is 10.9 Å². The van der Waals surface area contributed by atoms with Crippen molar-refractivity contribution in [3.8, 4) is 0 Å². The molecular formula is C19H32O2. The van der Waals surface area contributed by atoms with Crippen LogP contribution >= 0.6 is 0 Å². The van der Waals surface area contributed by atoms with Crippen LogP contribution in [0.4, 0.5) is 0 Å². The first-order valence-electron chi connectivity index (χ1n) is 9.08. The Morgan fingerprint density at radius 2 is 1.48 bits per heavy atom. The molecule has 2 rings (SSSR count). The highest BCUT2D eigenvalue weighted by atomic mass is 16.3. The van der Waals surface area contributed by atoms with Crippen molar-refractivity contribution in [1.29, 1.82) is 0 Å². The minimum absolute atomic E-state index is 0.124. The van der Waals surface area contributed by atoms with Gasteiger partial charge in [0, 0.05) is 17.9 Å². The van der Waals surface area contributed by atoms with Gasteiger partial charge in [-0.05, 0) is 37.5 Å². The minimum atomic E-state index is 0.124. The Morgan fingerprint density at radius 1 is 1.00 bits per heavy atom. The van der Waals surface area contributed by atoms with Crippen molar-refractivity contribution in [2.45, 2.75) is 78.1 Å². The molecule has 0 aromatic rings. The summed E-state index contributed by atoms with van der Waals surface area (Å²) in [5.74, 6) is 2.36. The minimum Gasteiger partial charge on any atom is -0.512 e. The highest BCUT2D eigenvalue weighted by Crippen LogP contribution is 2.36. The molecule has 0 heterocycles. The van der Waals surface area contributed by atoms with E-state index in [9.17, 15) is 9.90 Å². The number of ketones is 1. The Morgan fingerprint density at radius 3 is 1.86 bits per heavy atom. The van der Waals surface area contributed by atoms with Crippen LogP contribution < -0.4 is 0 Å². The van der Waals surface area contributed by atoms with Crippen LogP contribution in [-0.2, 0) is 4.79 Å². The number of hydrogen-bond donors (Lipinski definition) is 1. The maximum absolute atomic E-state index is 12.4. The van der Waals surface area contributed by atoms with Crippen LogP contribution in [0, 0.1) is 23.7 Å². The Labute approximate surface area is 130 Å². The van der Waals surface area contributed by atoms with Gasteiger partial charge in [-0.1, -0.05) is 52.4 Å². The first-order chi connectivity index (χ1) is 10.1. The van der Waals surface area contributed by atoms with E-state index in [4.69, 9.17) is 0 Å². The van der Waals surface area contributed by atoms with E-state index in [0.717, 1.165) is 37.5 Å². The number of rotatable bonds is 9. The van der Waals surface area contributed by atoms with E-state index in [1.807, 2.05) is 0 Å². The third kappa shape index (κ3) is 4.59. The lowest BCUT2D eigenvalue weighted by Crippen LogP contribution is -2.22. The Balaban J connectivity index is 1.88. The van der Waals surface area contributed by atoms with Crippen molar-refractivity contribution >= 4 is 5.78 Å². The summed E-state index contributed by atoms with van der Waals surface area (Å²) in [6.07, 6.45) is 13.3. The summed E-state index contributed by atoms with van der Waals surface area (Å²) >= 11 is 0. The van der Waals surface area contributed by atoms with Crippen LogP contribution in [0.25, 0.3) is 0 Å². The number of carbonyl (C=O) groups excluding carboxylic acids is 1. The molecule has 2 fully saturated rings. The topological polar surface area (TPSA) is 37.3 Å². The number of hydrogen-bond acceptors (Lipinski definition) is 2. The monoisotopic (exact) mass is 292 g/mol. The average Bonchev–Trinajstić information content (AvgIpc) is 2.36. The molecule has 0 radical (unpaired) electrons. The lowest BCUT2D eigenvalue weighted by Gasteiger charge is -2.29. The molecule has 2 nitrogen and oxygen atoms in total. The van der Waals surface area contributed by atoms with Gasteiger partial charge in [-0.25, -0.2) is 0 Å². The van der Waals surface area contributed by atoms with Crippen molar-refractivity contribution in [3.63, 3.8) is 0 Å². The largest absolute Gasteiger partial charge is 0.512 e. The lowest BCUT2D eigenvalue weighted by atomic mass is 9.76. The number of carbonyl (C=O) groups is 1. The fraction of sp³-hybridized carbons (Fsp3) is 0.842. The highest BCUT2D eigenvalue weighted by molar-refractivity contribution is 5.92. The van der Waals surface area contributed by atoms with Gasteiger partial charge in [0.05, 0.1) is 5.76 Å². The fourth-order valence-electron chi connectivity index (χ4n) is 3.62. The molecule has 2 saturated carbocycles. The van der Waals surface area contributed by atoms with Crippen molar-refractivity contribution in [2.24, 2.45) is 23.7 Å². The second kappa shape index (κ2) is 8.00. The lowest BCUT2D eigenvalue weighted by molar-refractivity contribution is -0.119. The summed E-state index contributed by atoms with van der Waals surface area (Å²) in [4.78, 5) is 12.4. The van der Waals surface area contributed by atoms with Gasteiger partial charge in [0.15, 0.2) is 5.78 Å². The van der Waals surface area contributed by atoms with Crippen LogP contribution in [0.2, 0.25) is 0 Å². The Kier molecular flexibility index (Phi) is 6.32. The molecule has 0 aromatic carbocycles. The van der Waals surface area contributed by atoms with Crippen LogP contribution in [0.1, 0.15) is 78.1 Å². The predicted octanol–water partition coefficient (Wildman–Crippen LogP) is 5.43. The maximum Gasteiger partial charge on any atom is 0.162 e. The van der Waals surface area contributed by atoms with Crippen molar-refractivity contribution < 1.29 is 9.90 Å². The van der Waals surface area contributed by atoms with Gasteiger partial charge in [-0.15, -0.1) is 0 Å². The molecule has 2 atom stereocenters. The van der Waals surface area contributed by atoms with E-state index in [-0.39, 0.29) is 17.6 Å². The zero-order chi connectivity index (χ0) is 15.2. The molecule has 0 amide bonds. The van der Waals surface area contributed by atoms with E-state index >= 15 is 0 Å². The smallest absolute Gasteiger partial charge is 0.162 e. The van der Waals surface area contributed by atoms with Crippen molar-refractivity contribution in [3.05, 3.63) is 11.8 Å². The second-order valence-electron chi connectivity index (χ2n) is 7.25. The molecule has 2 unspecified atom stereocenters. The molecule has 0 spiro atoms. The van der Waals surface area contributed by atoms with E-state index in [0.29, 0.717) is 5.76 Å². The fourth-order valence-corrected chi connectivity index (χ4v) is 3.62. The third-order valence-corrected chi connectivity index (χ3v) is 5.78. The van der Waals surface area contributed by atoms with Crippen LogP contribution in [0.15, 0.2) is 11.8 Å². The third-order valence-electron chi connectivity index (χ3n) is 5.78. The molecule has 2 aliphatic rings. The van der Waals surface area contributed by atoms with Gasteiger partial charge < -0.3 is 5.11 Å². The van der Waals surface area contributed by atoms with Gasteiger partial charge in [-0.3, -0.25) is 4.79 Å². The Hall–Kier alpha value is -0.790. The summed E-state index contributed by atoms with van der Waals surface area (Å²) in [7, 11) is 0. The van der Waals surface area contributed by atoms with Gasteiger partial charge in [0.1, 0.15) is 0 Å². The van der Waals surface area contributed by atoms with E-state index in [1.165, 1.54) is 38.5 Å². The van der Waals surface area contributed by atoms with Crippen molar-refractivity contribution in [1.82, 2.24) is 0 Å². The molecule has 120 valence electrons. The van der Waals surface area contributed by atoms with Gasteiger partial charge in [-0.2, -0.15) is 0 Å². The summed E-state index contributed by atoms with van der Waals surface area (Å²) < 4.78 is 0. The first-order valence-corrected chi connectivity index (χ1v) is 9.08. The van der Waals surface area contributed by atoms with Crippen LogP contribution in [0.3, 0.4) is 0 Å². The molecule has 0 bridgehead atoms. The van der Waals surface area contributed by atoms with Gasteiger partial charge in [0.2, 0.25) is 0 Å². The number of aliphatic hydroxyl groups is 1. The molecule has 1 N–H and O–H groups in total. The second-order valence-corrected chi connectivity index (χ2v) is 7.25. The van der Waals surface area contributed by atoms with Crippen LogP contribution in [0.5, 0.6) is 0 Å². The number of aliphatic hydroxyl groups excluding tert-OH is 1. The Bertz CT molecular complexity index is 364. The van der Waals surface area contributed by atoms with E-state index < -0.39 is 0 Å². The maximum atomic E-state index is 12.4. The zero-order valence-electron chi connectivity index (χ0n) is 13.8. The molecule has 21 heavy (non-hydrogen) atoms. The summed E-state index contributed by atoms with van der Waals surface area (Å²) in [5, 5.41) is 10.3. The molecule has 2 heteroatoms. The SMILES string of the molecule is CCC(CC1CCC1)C(=O)/C=C(\O)C(CC)CC1CCC1. The first kappa shape index (κ1) is 16.6. The summed E-state index contributed by atoms with van der Waals surface area (Å²) in [6, 6.07) is 0. The summed E-state index contributed by atoms with van der Waals surface area (Å²) in [5.41, 5.74) is 0. The van der Waals surface area contributed by atoms with Crippen molar-refractivity contribution in [2.75, 3.05) is 0 Å². The summed E-state index contributed by atoms with van der Waals surface area (Å²) in [6.45, 7) is 4.21. The van der Waals surface area contributed by atoms with Gasteiger partial charge in [0.25, 0.3) is 0 Å². The quantitative estimate of drug-likeness (QED) is 0.454. The molecule has 0 aliphatic heterocycles. The molecular weight excluding hydrogens is 260 g/mol. The number of allylic oxidation sites excluding steroid dienone is 2. The normalized spacial score (nSPS) is 23.2. The van der Waals surface area contributed by atoms with E-state index in [1.54, 1.807) is 6.08 Å². The molecule has 2 aliphatic carbocycles. The highest BCUT2D eigenvalue weighted by Gasteiger charge is 2.27. The standard InChI is InChI=1S/C19H32O2/c1-3-16(11-14-7-5-8-14)18(20)13-19(21)17(4-2)12-15-9-6-10-15/h13-17,20H,3-12H2,1-2H3/b18-13-. The molecule has 0 aromatic heterocycles. The predicted molar refractivity (Wildman–Crippen MR) is 87.2 cm³/mol. The van der Waals surface area contributed by atoms with E-state index in [2.05, 4.69) is 13.8 Å². The average molecular weight is 292 g/mol. The molecule has 0 saturated heterocycles.